The molecule has 0 saturated heterocycles. The molecule has 8 heteroatoms. The van der Waals surface area contributed by atoms with Crippen LogP contribution in [0.2, 0.25) is 0 Å². The molecule has 0 bridgehead atoms. The fourth-order valence-electron chi connectivity index (χ4n) is 0.735. The van der Waals surface area contributed by atoms with Gasteiger partial charge in [-0.25, -0.2) is 4.81 Å². The van der Waals surface area contributed by atoms with Crippen LogP contribution in [-0.4, -0.2) is 41.7 Å². The summed E-state index contributed by atoms with van der Waals surface area (Å²) >= 11 is 0. The molecule has 2 N–H and O–H groups in total. The Morgan fingerprint density at radius 1 is 1.43 bits per heavy atom. The van der Waals surface area contributed by atoms with Gasteiger partial charge in [0.25, 0.3) is 0 Å². The zero-order valence-electron chi connectivity index (χ0n) is 7.78. The quantitative estimate of drug-likeness (QED) is 0.379. The van der Waals surface area contributed by atoms with E-state index in [-0.39, 0.29) is 5.88 Å². The van der Waals surface area contributed by atoms with Gasteiger partial charge in [0.05, 0.1) is 12.4 Å². The molecule has 0 spiro atoms. The highest BCUT2D eigenvalue weighted by molar-refractivity contribution is 6.35. The lowest BCUT2D eigenvalue weighted by molar-refractivity contribution is -0.171. The molecule has 0 fully saturated rings. The molecule has 14 heavy (non-hydrogen) atoms. The Morgan fingerprint density at radius 2 is 2.14 bits per heavy atom. The molecule has 0 amide bonds. The topological polar surface area (TPSA) is 87.9 Å². The first kappa shape index (κ1) is 10.7. The van der Waals surface area contributed by atoms with Crippen LogP contribution in [0, 0.1) is 0 Å². The van der Waals surface area contributed by atoms with Crippen molar-refractivity contribution in [2.75, 3.05) is 19.0 Å². The average Bonchev–Trinajstić information content (AvgIpc) is 2.18. The van der Waals surface area contributed by atoms with Crippen LogP contribution in [-0.2, 0) is 4.81 Å². The predicted molar refractivity (Wildman–Crippen MR) is 48.7 cm³/mol. The summed E-state index contributed by atoms with van der Waals surface area (Å²) in [5.74, 6) is 0.616. The molecule has 0 aromatic carbocycles. The molecule has 1 heterocycles. The number of hydrogen-bond acceptors (Lipinski definition) is 7. The number of aromatic nitrogens is 2. The van der Waals surface area contributed by atoms with E-state index in [4.69, 9.17) is 10.3 Å². The third-order valence-corrected chi connectivity index (χ3v) is 1.37. The Kier molecular flexibility index (Phi) is 3.63. The fourth-order valence-corrected chi connectivity index (χ4v) is 0.735. The second kappa shape index (κ2) is 4.75. The lowest BCUT2D eigenvalue weighted by atomic mass is 10.3. The van der Waals surface area contributed by atoms with E-state index in [1.54, 1.807) is 19.0 Å². The van der Waals surface area contributed by atoms with Crippen LogP contribution in [0.5, 0.6) is 5.88 Å². The summed E-state index contributed by atoms with van der Waals surface area (Å²) in [6.07, 6.45) is 2.81. The van der Waals surface area contributed by atoms with E-state index in [0.29, 0.717) is 5.82 Å². The number of nitrogens with zero attached hydrogens (tertiary/aromatic N) is 3. The lowest BCUT2D eigenvalue weighted by Crippen LogP contribution is -2.25. The van der Waals surface area contributed by atoms with Gasteiger partial charge in [-0.1, -0.05) is 0 Å². The van der Waals surface area contributed by atoms with Crippen molar-refractivity contribution in [1.82, 2.24) is 9.97 Å². The summed E-state index contributed by atoms with van der Waals surface area (Å²) in [6, 6.07) is 0. The zero-order chi connectivity index (χ0) is 10.6. The Labute approximate surface area is 81.0 Å². The van der Waals surface area contributed by atoms with Crippen molar-refractivity contribution in [3.63, 3.8) is 0 Å². The molecular weight excluding hydrogens is 189 g/mol. The molecule has 7 nitrogen and oxygen atoms in total. The second-order valence-corrected chi connectivity index (χ2v) is 2.64. The van der Waals surface area contributed by atoms with Crippen LogP contribution in [0.15, 0.2) is 12.4 Å². The zero-order valence-corrected chi connectivity index (χ0v) is 7.78. The van der Waals surface area contributed by atoms with Gasteiger partial charge < -0.3 is 14.6 Å². The average molecular weight is 199 g/mol. The minimum absolute atomic E-state index is 0.0535. The predicted octanol–water partition coefficient (Wildman–Crippen LogP) is -0.612. The third-order valence-electron chi connectivity index (χ3n) is 1.37. The van der Waals surface area contributed by atoms with Crippen molar-refractivity contribution in [1.29, 1.82) is 0 Å². The van der Waals surface area contributed by atoms with Gasteiger partial charge in [0, 0.05) is 14.1 Å². The monoisotopic (exact) mass is 199 g/mol. The number of anilines is 1. The molecule has 0 atom stereocenters. The molecule has 0 aliphatic carbocycles. The highest BCUT2D eigenvalue weighted by atomic mass is 17.1. The maximum absolute atomic E-state index is 8.77. The summed E-state index contributed by atoms with van der Waals surface area (Å²) in [5, 5.41) is 16.8. The van der Waals surface area contributed by atoms with E-state index >= 15 is 0 Å². The number of rotatable bonds is 4. The van der Waals surface area contributed by atoms with Crippen LogP contribution in [0.25, 0.3) is 0 Å². The van der Waals surface area contributed by atoms with E-state index in [9.17, 15) is 0 Å². The molecule has 0 aliphatic rings. The first-order chi connectivity index (χ1) is 6.63. The van der Waals surface area contributed by atoms with Gasteiger partial charge >= 0.3 is 7.32 Å². The van der Waals surface area contributed by atoms with Crippen molar-refractivity contribution in [2.24, 2.45) is 0 Å². The van der Waals surface area contributed by atoms with Crippen LogP contribution >= 0.6 is 0 Å². The largest absolute Gasteiger partial charge is 0.739 e. The maximum Gasteiger partial charge on any atom is 0.739 e. The summed E-state index contributed by atoms with van der Waals surface area (Å²) in [7, 11) is 1.81. The van der Waals surface area contributed by atoms with Gasteiger partial charge in [0.1, 0.15) is 0 Å². The number of hydrogen-bond donors (Lipinski definition) is 2. The van der Waals surface area contributed by atoms with Gasteiger partial charge in [-0.3, -0.25) is 10.2 Å². The van der Waals surface area contributed by atoms with Crippen molar-refractivity contribution >= 4 is 13.1 Å². The molecule has 1 aromatic heterocycles. The highest BCUT2D eigenvalue weighted by Gasteiger charge is 2.19. The van der Waals surface area contributed by atoms with E-state index in [1.807, 2.05) is 0 Å². The molecule has 0 saturated carbocycles. The molecule has 1 aromatic rings. The summed E-state index contributed by atoms with van der Waals surface area (Å²) in [5.41, 5.74) is 0. The van der Waals surface area contributed by atoms with E-state index < -0.39 is 7.32 Å². The van der Waals surface area contributed by atoms with Gasteiger partial charge in [-0.2, -0.15) is 4.98 Å². The lowest BCUT2D eigenvalue weighted by Gasteiger charge is -2.11. The Hall–Kier alpha value is -1.38. The van der Waals surface area contributed by atoms with Crippen molar-refractivity contribution in [2.45, 2.75) is 0 Å². The van der Waals surface area contributed by atoms with Crippen molar-refractivity contribution in [3.05, 3.63) is 12.4 Å². The van der Waals surface area contributed by atoms with Gasteiger partial charge in [-0.15, -0.1) is 0 Å². The van der Waals surface area contributed by atoms with Crippen LogP contribution < -0.4 is 9.55 Å². The summed E-state index contributed by atoms with van der Waals surface area (Å²) in [4.78, 5) is 13.0. The molecule has 0 unspecified atom stereocenters. The molecular formula is C6H10BN3O4. The molecule has 76 valence electrons. The van der Waals surface area contributed by atoms with Gasteiger partial charge in [0.2, 0.25) is 5.88 Å². The Morgan fingerprint density at radius 3 is 2.71 bits per heavy atom. The minimum atomic E-state index is -1.76. The minimum Gasteiger partial charge on any atom is -0.495 e. The second-order valence-electron chi connectivity index (χ2n) is 2.64. The first-order valence-corrected chi connectivity index (χ1v) is 3.78. The van der Waals surface area contributed by atoms with E-state index in [1.165, 1.54) is 12.4 Å². The van der Waals surface area contributed by atoms with E-state index in [2.05, 4.69) is 19.4 Å². The van der Waals surface area contributed by atoms with Gasteiger partial charge in [-0.05, 0) is 0 Å². The molecule has 0 radical (unpaired) electrons. The molecule has 0 aliphatic heterocycles. The van der Waals surface area contributed by atoms with Crippen LogP contribution in [0.1, 0.15) is 0 Å². The summed E-state index contributed by atoms with van der Waals surface area (Å²) < 4.78 is 4.64. The standard InChI is InChI=1S/C6H10BN3O4/c1-10(2)5-3-8-4-6(9-5)13-7(11)14-12/h3-4,11-12H,1-2H3. The van der Waals surface area contributed by atoms with Crippen LogP contribution in [0.4, 0.5) is 5.82 Å². The fraction of sp³-hybridized carbons (Fsp3) is 0.333. The maximum atomic E-state index is 8.77. The van der Waals surface area contributed by atoms with Gasteiger partial charge in [0.15, 0.2) is 5.82 Å². The third kappa shape index (κ3) is 2.84. The highest BCUT2D eigenvalue weighted by Crippen LogP contribution is 2.11. The summed E-state index contributed by atoms with van der Waals surface area (Å²) in [6.45, 7) is 0. The van der Waals surface area contributed by atoms with E-state index in [0.717, 1.165) is 0 Å². The normalized spacial score (nSPS) is 9.71. The Bertz CT molecular complexity index is 298. The SMILES string of the molecule is CN(C)c1cncc(OB(O)OO)n1. The first-order valence-electron chi connectivity index (χ1n) is 3.78. The Balaban J connectivity index is 2.73. The molecule has 1 rings (SSSR count). The van der Waals surface area contributed by atoms with Crippen LogP contribution in [0.3, 0.4) is 0 Å². The van der Waals surface area contributed by atoms with Crippen molar-refractivity contribution in [3.8, 4) is 5.88 Å². The van der Waals surface area contributed by atoms with Crippen molar-refractivity contribution < 1.29 is 19.7 Å². The smallest absolute Gasteiger partial charge is 0.495 e.